The summed E-state index contributed by atoms with van der Waals surface area (Å²) < 4.78 is 0. The average Bonchev–Trinajstić information content (AvgIpc) is 2.43. The molecule has 0 aliphatic carbocycles. The Labute approximate surface area is 121 Å². The molecular formula is C16H23ClN2. The van der Waals surface area contributed by atoms with Crippen LogP contribution in [0, 0.1) is 0 Å². The van der Waals surface area contributed by atoms with Crippen molar-refractivity contribution in [1.29, 1.82) is 0 Å². The van der Waals surface area contributed by atoms with Crippen LogP contribution in [0.1, 0.15) is 38.3 Å². The third-order valence-corrected chi connectivity index (χ3v) is 4.31. The quantitative estimate of drug-likeness (QED) is 0.850. The van der Waals surface area contributed by atoms with Gasteiger partial charge in [0.1, 0.15) is 0 Å². The fourth-order valence-corrected chi connectivity index (χ4v) is 2.92. The molecule has 1 aromatic carbocycles. The predicted molar refractivity (Wildman–Crippen MR) is 82.4 cm³/mol. The Morgan fingerprint density at radius 2 is 2.11 bits per heavy atom. The molecule has 2 N–H and O–H groups in total. The number of halogens is 1. The summed E-state index contributed by atoms with van der Waals surface area (Å²) in [6.07, 6.45) is 4.38. The van der Waals surface area contributed by atoms with Gasteiger partial charge in [-0.15, -0.1) is 0 Å². The third-order valence-electron chi connectivity index (χ3n) is 3.96. The summed E-state index contributed by atoms with van der Waals surface area (Å²) in [5.41, 5.74) is 8.99. The van der Waals surface area contributed by atoms with Crippen LogP contribution in [0.15, 0.2) is 35.9 Å². The van der Waals surface area contributed by atoms with Gasteiger partial charge in [0, 0.05) is 24.2 Å². The van der Waals surface area contributed by atoms with Crippen LogP contribution < -0.4 is 5.73 Å². The Kier molecular flexibility index (Phi) is 5.03. The van der Waals surface area contributed by atoms with Crippen molar-refractivity contribution < 1.29 is 0 Å². The van der Waals surface area contributed by atoms with E-state index in [2.05, 4.69) is 30.9 Å². The van der Waals surface area contributed by atoms with Gasteiger partial charge in [-0.25, -0.2) is 0 Å². The Balaban J connectivity index is 2.29. The van der Waals surface area contributed by atoms with Crippen molar-refractivity contribution in [3.63, 3.8) is 0 Å². The summed E-state index contributed by atoms with van der Waals surface area (Å²) in [4.78, 5) is 2.45. The molecule has 0 saturated carbocycles. The lowest BCUT2D eigenvalue weighted by molar-refractivity contribution is 0.182. The molecular weight excluding hydrogens is 256 g/mol. The molecule has 1 heterocycles. The molecule has 1 aliphatic rings. The standard InChI is InChI=1S/C16H23ClN2/c1-3-15(18)16(13-6-4-5-7-14(13)17)19-10-8-12(2)9-11-19/h4-8,15-16H,3,9-11,18H2,1-2H3. The van der Waals surface area contributed by atoms with Crippen LogP contribution in [0.25, 0.3) is 0 Å². The van der Waals surface area contributed by atoms with Crippen molar-refractivity contribution in [2.45, 2.75) is 38.8 Å². The second kappa shape index (κ2) is 6.56. The lowest BCUT2D eigenvalue weighted by atomic mass is 9.94. The maximum Gasteiger partial charge on any atom is 0.0517 e. The van der Waals surface area contributed by atoms with Crippen molar-refractivity contribution in [3.05, 3.63) is 46.5 Å². The second-order valence-corrected chi connectivity index (χ2v) is 5.74. The molecule has 2 nitrogen and oxygen atoms in total. The highest BCUT2D eigenvalue weighted by Gasteiger charge is 2.27. The number of benzene rings is 1. The molecule has 2 unspecified atom stereocenters. The minimum Gasteiger partial charge on any atom is -0.326 e. The summed E-state index contributed by atoms with van der Waals surface area (Å²) in [5.74, 6) is 0. The van der Waals surface area contributed by atoms with Crippen molar-refractivity contribution in [2.75, 3.05) is 13.1 Å². The largest absolute Gasteiger partial charge is 0.326 e. The van der Waals surface area contributed by atoms with Crippen molar-refractivity contribution in [1.82, 2.24) is 4.90 Å². The summed E-state index contributed by atoms with van der Waals surface area (Å²) in [7, 11) is 0. The minimum atomic E-state index is 0.117. The molecule has 0 radical (unpaired) electrons. The fraction of sp³-hybridized carbons (Fsp3) is 0.500. The third kappa shape index (κ3) is 3.38. The second-order valence-electron chi connectivity index (χ2n) is 5.33. The Hall–Kier alpha value is -0.830. The van der Waals surface area contributed by atoms with Gasteiger partial charge in [0.05, 0.1) is 6.04 Å². The lowest BCUT2D eigenvalue weighted by Gasteiger charge is -2.37. The normalized spacial score (nSPS) is 19.9. The topological polar surface area (TPSA) is 29.3 Å². The Morgan fingerprint density at radius 3 is 2.68 bits per heavy atom. The van der Waals surface area contributed by atoms with E-state index in [0.29, 0.717) is 0 Å². The first kappa shape index (κ1) is 14.6. The van der Waals surface area contributed by atoms with Crippen LogP contribution in [-0.2, 0) is 0 Å². The summed E-state index contributed by atoms with van der Waals surface area (Å²) >= 11 is 6.37. The van der Waals surface area contributed by atoms with Gasteiger partial charge in [0.25, 0.3) is 0 Å². The molecule has 1 aliphatic heterocycles. The highest BCUT2D eigenvalue weighted by Crippen LogP contribution is 2.32. The van der Waals surface area contributed by atoms with E-state index in [0.717, 1.165) is 36.5 Å². The van der Waals surface area contributed by atoms with Gasteiger partial charge in [0.15, 0.2) is 0 Å². The van der Waals surface area contributed by atoms with E-state index < -0.39 is 0 Å². The van der Waals surface area contributed by atoms with E-state index in [1.165, 1.54) is 5.57 Å². The minimum absolute atomic E-state index is 0.117. The van der Waals surface area contributed by atoms with Gasteiger partial charge in [-0.2, -0.15) is 0 Å². The van der Waals surface area contributed by atoms with Gasteiger partial charge in [-0.05, 0) is 31.4 Å². The van der Waals surface area contributed by atoms with Crippen LogP contribution in [0.3, 0.4) is 0 Å². The van der Waals surface area contributed by atoms with Crippen LogP contribution in [-0.4, -0.2) is 24.0 Å². The molecule has 1 aromatic rings. The number of hydrogen-bond donors (Lipinski definition) is 1. The van der Waals surface area contributed by atoms with E-state index in [9.17, 15) is 0 Å². The van der Waals surface area contributed by atoms with Gasteiger partial charge in [-0.3, -0.25) is 4.90 Å². The average molecular weight is 279 g/mol. The van der Waals surface area contributed by atoms with Crippen molar-refractivity contribution in [3.8, 4) is 0 Å². The van der Waals surface area contributed by atoms with Crippen LogP contribution in [0.5, 0.6) is 0 Å². The van der Waals surface area contributed by atoms with Crippen LogP contribution in [0.2, 0.25) is 5.02 Å². The highest BCUT2D eigenvalue weighted by molar-refractivity contribution is 6.31. The van der Waals surface area contributed by atoms with Gasteiger partial charge in [-0.1, -0.05) is 48.4 Å². The summed E-state index contributed by atoms with van der Waals surface area (Å²) in [6.45, 7) is 6.36. The van der Waals surface area contributed by atoms with E-state index in [-0.39, 0.29) is 12.1 Å². The van der Waals surface area contributed by atoms with Gasteiger partial charge in [0.2, 0.25) is 0 Å². The zero-order valence-corrected chi connectivity index (χ0v) is 12.5. The fourth-order valence-electron chi connectivity index (χ4n) is 2.68. The first-order valence-corrected chi connectivity index (χ1v) is 7.41. The predicted octanol–water partition coefficient (Wildman–Crippen LogP) is 3.77. The van der Waals surface area contributed by atoms with E-state index in [4.69, 9.17) is 17.3 Å². The summed E-state index contributed by atoms with van der Waals surface area (Å²) in [5, 5.41) is 0.822. The van der Waals surface area contributed by atoms with Crippen LogP contribution in [0.4, 0.5) is 0 Å². The summed E-state index contributed by atoms with van der Waals surface area (Å²) in [6, 6.07) is 8.41. The number of nitrogens with two attached hydrogens (primary N) is 1. The molecule has 2 rings (SSSR count). The highest BCUT2D eigenvalue weighted by atomic mass is 35.5. The number of rotatable bonds is 4. The molecule has 0 amide bonds. The first-order chi connectivity index (χ1) is 9.13. The molecule has 19 heavy (non-hydrogen) atoms. The zero-order chi connectivity index (χ0) is 13.8. The lowest BCUT2D eigenvalue weighted by Crippen LogP contribution is -2.42. The van der Waals surface area contributed by atoms with Gasteiger partial charge < -0.3 is 5.73 Å². The monoisotopic (exact) mass is 278 g/mol. The van der Waals surface area contributed by atoms with E-state index in [1.807, 2.05) is 18.2 Å². The Bertz CT molecular complexity index is 456. The maximum absolute atomic E-state index is 6.37. The molecule has 0 bridgehead atoms. The SMILES string of the molecule is CCC(N)C(c1ccccc1Cl)N1CC=C(C)CC1. The maximum atomic E-state index is 6.37. The number of nitrogens with zero attached hydrogens (tertiary/aromatic N) is 1. The first-order valence-electron chi connectivity index (χ1n) is 7.03. The smallest absolute Gasteiger partial charge is 0.0517 e. The molecule has 2 atom stereocenters. The van der Waals surface area contributed by atoms with E-state index >= 15 is 0 Å². The Morgan fingerprint density at radius 1 is 1.37 bits per heavy atom. The van der Waals surface area contributed by atoms with Crippen LogP contribution >= 0.6 is 11.6 Å². The number of hydrogen-bond acceptors (Lipinski definition) is 2. The molecule has 104 valence electrons. The molecule has 0 fully saturated rings. The van der Waals surface area contributed by atoms with Crippen molar-refractivity contribution in [2.24, 2.45) is 5.73 Å². The van der Waals surface area contributed by atoms with Gasteiger partial charge >= 0.3 is 0 Å². The van der Waals surface area contributed by atoms with E-state index in [1.54, 1.807) is 0 Å². The van der Waals surface area contributed by atoms with Crippen molar-refractivity contribution >= 4 is 11.6 Å². The zero-order valence-electron chi connectivity index (χ0n) is 11.8. The molecule has 0 spiro atoms. The molecule has 0 saturated heterocycles. The molecule has 3 heteroatoms. The molecule has 0 aromatic heterocycles.